The largest absolute Gasteiger partial charge is 0.415 e. The van der Waals surface area contributed by atoms with Gasteiger partial charge in [0.05, 0.1) is 34.2 Å². The molecule has 1 N–H and O–H groups in total. The van der Waals surface area contributed by atoms with E-state index in [1.165, 1.54) is 9.26 Å². The molecule has 0 saturated carbocycles. The van der Waals surface area contributed by atoms with Gasteiger partial charge in [0.1, 0.15) is 0 Å². The van der Waals surface area contributed by atoms with Gasteiger partial charge in [-0.05, 0) is 68.4 Å². The Bertz CT molecular complexity index is 580. The summed E-state index contributed by atoms with van der Waals surface area (Å²) in [6.45, 7) is 22.5. The minimum absolute atomic E-state index is 0.218. The van der Waals surface area contributed by atoms with Crippen LogP contribution in [-0.2, 0) is 17.5 Å². The van der Waals surface area contributed by atoms with Crippen molar-refractivity contribution in [3.05, 3.63) is 15.0 Å². The number of hydrogen-bond donors (Lipinski definition) is 1. The third-order valence-electron chi connectivity index (χ3n) is 5.31. The predicted octanol–water partition coefficient (Wildman–Crippen LogP) is 4.41. The highest BCUT2D eigenvalue weighted by atomic mass is 127. The quantitative estimate of drug-likeness (QED) is 0.408. The van der Waals surface area contributed by atoms with Crippen LogP contribution >= 0.6 is 22.6 Å². The molecular weight excluding hydrogens is 457 g/mol. The summed E-state index contributed by atoms with van der Waals surface area (Å²) in [5.74, 6) is 0. The Labute approximate surface area is 174 Å². The van der Waals surface area contributed by atoms with E-state index in [-0.39, 0.29) is 11.1 Å². The Kier molecular flexibility index (Phi) is 8.79. The summed E-state index contributed by atoms with van der Waals surface area (Å²) in [5, 5.41) is 14.8. The van der Waals surface area contributed by atoms with Crippen molar-refractivity contribution < 1.29 is 9.53 Å². The van der Waals surface area contributed by atoms with Crippen LogP contribution in [0.25, 0.3) is 0 Å². The van der Waals surface area contributed by atoms with E-state index in [0.717, 1.165) is 18.8 Å². The second-order valence-electron chi connectivity index (χ2n) is 9.05. The number of halogens is 1. The van der Waals surface area contributed by atoms with Crippen LogP contribution in [0.1, 0.15) is 52.9 Å². The first kappa shape index (κ1) is 24.1. The van der Waals surface area contributed by atoms with Crippen molar-refractivity contribution in [3.63, 3.8) is 0 Å². The van der Waals surface area contributed by atoms with E-state index in [0.29, 0.717) is 19.2 Å². The van der Waals surface area contributed by atoms with Crippen LogP contribution < -0.4 is 0 Å². The molecule has 0 spiro atoms. The number of aryl methyl sites for hydroxylation is 1. The van der Waals surface area contributed by atoms with Gasteiger partial charge in [-0.15, -0.1) is 0 Å². The molecule has 1 aromatic heterocycles. The van der Waals surface area contributed by atoms with Crippen LogP contribution in [0.15, 0.2) is 0 Å². The van der Waals surface area contributed by atoms with E-state index in [2.05, 4.69) is 86.8 Å². The van der Waals surface area contributed by atoms with Crippen LogP contribution in [0.5, 0.6) is 0 Å². The molecule has 0 aromatic carbocycles. The lowest BCUT2D eigenvalue weighted by Gasteiger charge is -2.36. The molecule has 1 atom stereocenters. The van der Waals surface area contributed by atoms with E-state index >= 15 is 0 Å². The SMILES string of the molecule is Cc1nn(CCO[Si](C)(C)C(C)(C)C)c(CN(C[C@@H](C)O)C(C)C)c1I. The normalized spacial score (nSPS) is 14.5. The number of nitrogens with zero attached hydrogens (tertiary/aromatic N) is 3. The summed E-state index contributed by atoms with van der Waals surface area (Å²) in [6.07, 6.45) is -0.338. The van der Waals surface area contributed by atoms with Crippen LogP contribution in [0.3, 0.4) is 0 Å². The minimum atomic E-state index is -1.74. The number of rotatable bonds is 9. The van der Waals surface area contributed by atoms with Crippen molar-refractivity contribution in [3.8, 4) is 0 Å². The number of aliphatic hydroxyl groups excluding tert-OH is 1. The smallest absolute Gasteiger partial charge is 0.192 e. The fraction of sp³-hybridized carbons (Fsp3) is 0.842. The van der Waals surface area contributed by atoms with Crippen molar-refractivity contribution in [1.29, 1.82) is 0 Å². The van der Waals surface area contributed by atoms with Crippen molar-refractivity contribution in [2.24, 2.45) is 0 Å². The first-order valence-corrected chi connectivity index (χ1v) is 13.5. The monoisotopic (exact) mass is 495 g/mol. The zero-order valence-electron chi connectivity index (χ0n) is 18.1. The van der Waals surface area contributed by atoms with E-state index in [4.69, 9.17) is 9.52 Å². The molecule has 0 radical (unpaired) electrons. The van der Waals surface area contributed by atoms with E-state index in [1.54, 1.807) is 0 Å². The topological polar surface area (TPSA) is 50.5 Å². The van der Waals surface area contributed by atoms with Crippen molar-refractivity contribution in [2.75, 3.05) is 13.2 Å². The fourth-order valence-electron chi connectivity index (χ4n) is 2.54. The maximum Gasteiger partial charge on any atom is 0.192 e. The Balaban J connectivity index is 2.89. The molecule has 7 heteroatoms. The molecule has 152 valence electrons. The van der Waals surface area contributed by atoms with Gasteiger partial charge in [-0.25, -0.2) is 0 Å². The van der Waals surface area contributed by atoms with Gasteiger partial charge in [0.25, 0.3) is 0 Å². The van der Waals surface area contributed by atoms with E-state index in [1.807, 2.05) is 6.92 Å². The Morgan fingerprint density at radius 2 is 1.85 bits per heavy atom. The summed E-state index contributed by atoms with van der Waals surface area (Å²) in [6, 6.07) is 0.368. The predicted molar refractivity (Wildman–Crippen MR) is 120 cm³/mol. The van der Waals surface area contributed by atoms with Gasteiger partial charge < -0.3 is 9.53 Å². The summed E-state index contributed by atoms with van der Waals surface area (Å²) >= 11 is 2.39. The van der Waals surface area contributed by atoms with Gasteiger partial charge in [0, 0.05) is 19.1 Å². The minimum Gasteiger partial charge on any atom is -0.415 e. The number of aliphatic hydroxyl groups is 1. The average molecular weight is 496 g/mol. The standard InChI is InChI=1S/C19H38IN3O2Si/c1-14(2)22(12-15(3)24)13-17-18(20)16(4)21-23(17)10-11-25-26(8,9)19(5,6)7/h14-15,24H,10-13H2,1-9H3/t15-/m1/s1. The third kappa shape index (κ3) is 6.58. The van der Waals surface area contributed by atoms with Crippen molar-refractivity contribution in [1.82, 2.24) is 14.7 Å². The van der Waals surface area contributed by atoms with Gasteiger partial charge in [0.15, 0.2) is 8.32 Å². The molecule has 1 heterocycles. The first-order chi connectivity index (χ1) is 11.8. The molecule has 26 heavy (non-hydrogen) atoms. The summed E-state index contributed by atoms with van der Waals surface area (Å²) < 4.78 is 9.65. The molecule has 0 aliphatic rings. The Hall–Kier alpha value is 0.0369. The second-order valence-corrected chi connectivity index (χ2v) is 14.9. The second kappa shape index (κ2) is 9.49. The number of aromatic nitrogens is 2. The zero-order chi connectivity index (χ0) is 20.3. The van der Waals surface area contributed by atoms with Gasteiger partial charge in [-0.1, -0.05) is 20.8 Å². The Morgan fingerprint density at radius 3 is 2.31 bits per heavy atom. The van der Waals surface area contributed by atoms with E-state index < -0.39 is 8.32 Å². The molecule has 0 aliphatic heterocycles. The van der Waals surface area contributed by atoms with Gasteiger partial charge >= 0.3 is 0 Å². The lowest BCUT2D eigenvalue weighted by molar-refractivity contribution is 0.100. The van der Waals surface area contributed by atoms with Crippen LogP contribution in [0.2, 0.25) is 18.1 Å². The molecule has 1 aromatic rings. The molecule has 0 fully saturated rings. The van der Waals surface area contributed by atoms with Gasteiger partial charge in [-0.3, -0.25) is 9.58 Å². The molecule has 1 rings (SSSR count). The highest BCUT2D eigenvalue weighted by molar-refractivity contribution is 14.1. The lowest BCUT2D eigenvalue weighted by Crippen LogP contribution is -2.41. The van der Waals surface area contributed by atoms with Crippen LogP contribution in [0.4, 0.5) is 0 Å². The summed E-state index contributed by atoms with van der Waals surface area (Å²) in [4.78, 5) is 2.30. The van der Waals surface area contributed by atoms with Gasteiger partial charge in [-0.2, -0.15) is 5.10 Å². The van der Waals surface area contributed by atoms with E-state index in [9.17, 15) is 5.11 Å². The van der Waals surface area contributed by atoms with Crippen LogP contribution in [-0.4, -0.2) is 53.4 Å². The molecule has 0 bridgehead atoms. The van der Waals surface area contributed by atoms with Gasteiger partial charge in [0.2, 0.25) is 0 Å². The number of hydrogen-bond acceptors (Lipinski definition) is 4. The van der Waals surface area contributed by atoms with Crippen molar-refractivity contribution in [2.45, 2.75) is 91.8 Å². The molecule has 0 aliphatic carbocycles. The van der Waals surface area contributed by atoms with Crippen LogP contribution in [0, 0.1) is 10.5 Å². The molecular formula is C19H38IN3O2Si. The molecule has 0 saturated heterocycles. The molecule has 0 amide bonds. The maximum absolute atomic E-state index is 9.82. The highest BCUT2D eigenvalue weighted by Gasteiger charge is 2.37. The molecule has 0 unspecified atom stereocenters. The average Bonchev–Trinajstić information content (AvgIpc) is 2.72. The maximum atomic E-state index is 9.82. The molecule has 5 nitrogen and oxygen atoms in total. The first-order valence-electron chi connectivity index (χ1n) is 9.54. The zero-order valence-corrected chi connectivity index (χ0v) is 21.2. The lowest BCUT2D eigenvalue weighted by atomic mass is 10.2. The fourth-order valence-corrected chi connectivity index (χ4v) is 4.13. The highest BCUT2D eigenvalue weighted by Crippen LogP contribution is 2.36. The third-order valence-corrected chi connectivity index (χ3v) is 11.2. The Morgan fingerprint density at radius 1 is 1.27 bits per heavy atom. The summed E-state index contributed by atoms with van der Waals surface area (Å²) in [7, 11) is -1.74. The summed E-state index contributed by atoms with van der Waals surface area (Å²) in [5.41, 5.74) is 2.28. The van der Waals surface area contributed by atoms with Crippen molar-refractivity contribution >= 4 is 30.9 Å².